The van der Waals surface area contributed by atoms with Crippen LogP contribution in [-0.2, 0) is 0 Å². The maximum atomic E-state index is 12.7. The highest BCUT2D eigenvalue weighted by Crippen LogP contribution is 2.39. The van der Waals surface area contributed by atoms with Gasteiger partial charge in [0, 0.05) is 17.0 Å². The Bertz CT molecular complexity index is 757. The first-order valence-corrected chi connectivity index (χ1v) is 8.36. The van der Waals surface area contributed by atoms with Crippen LogP contribution in [0.2, 0.25) is 0 Å². The summed E-state index contributed by atoms with van der Waals surface area (Å²) in [6.07, 6.45) is 5.67. The number of furan rings is 1. The predicted molar refractivity (Wildman–Crippen MR) is 88.4 cm³/mol. The summed E-state index contributed by atoms with van der Waals surface area (Å²) in [6.45, 7) is 8.73. The Morgan fingerprint density at radius 1 is 1.39 bits per heavy atom. The van der Waals surface area contributed by atoms with Gasteiger partial charge in [-0.3, -0.25) is 9.69 Å². The minimum atomic E-state index is -0.0840. The number of hydrogen-bond acceptors (Lipinski definition) is 4. The number of nitrogens with one attached hydrogen (secondary N) is 1. The maximum Gasteiger partial charge on any atom is 0.270 e. The number of pyridine rings is 1. The van der Waals surface area contributed by atoms with Gasteiger partial charge in [-0.1, -0.05) is 0 Å². The number of aryl methyl sites for hydroxylation is 1. The highest BCUT2D eigenvalue weighted by Gasteiger charge is 2.48. The van der Waals surface area contributed by atoms with E-state index in [1.165, 1.54) is 12.8 Å². The SMILES string of the molecule is Cc1coc2cnc(C(=O)N[C@@H]3C4CCN(CC4)C3(C)C)cc12. The molecule has 5 nitrogen and oxygen atoms in total. The van der Waals surface area contributed by atoms with Crippen LogP contribution in [0.4, 0.5) is 0 Å². The van der Waals surface area contributed by atoms with Gasteiger partial charge in [0.05, 0.1) is 12.5 Å². The molecule has 2 bridgehead atoms. The molecule has 1 N–H and O–H groups in total. The minimum Gasteiger partial charge on any atom is -0.462 e. The largest absolute Gasteiger partial charge is 0.462 e. The smallest absolute Gasteiger partial charge is 0.270 e. The van der Waals surface area contributed by atoms with Crippen LogP contribution in [0.15, 0.2) is 22.9 Å². The molecular formula is C18H23N3O2. The van der Waals surface area contributed by atoms with Crippen molar-refractivity contribution in [3.05, 3.63) is 29.8 Å². The van der Waals surface area contributed by atoms with Crippen molar-refractivity contribution in [2.24, 2.45) is 5.92 Å². The van der Waals surface area contributed by atoms with Gasteiger partial charge in [0.15, 0.2) is 5.58 Å². The molecule has 5 heteroatoms. The third-order valence-electron chi connectivity index (χ3n) is 5.76. The van der Waals surface area contributed by atoms with Crippen LogP contribution in [0.5, 0.6) is 0 Å². The first-order chi connectivity index (χ1) is 11.0. The molecule has 3 saturated heterocycles. The molecule has 0 aromatic carbocycles. The minimum absolute atomic E-state index is 0.00643. The second-order valence-electron chi connectivity index (χ2n) is 7.41. The lowest BCUT2D eigenvalue weighted by molar-refractivity contribution is -0.0378. The monoisotopic (exact) mass is 313 g/mol. The molecule has 122 valence electrons. The van der Waals surface area contributed by atoms with Crippen molar-refractivity contribution in [2.75, 3.05) is 13.1 Å². The fraction of sp³-hybridized carbons (Fsp3) is 0.556. The van der Waals surface area contributed by atoms with E-state index in [9.17, 15) is 4.79 Å². The zero-order chi connectivity index (χ0) is 16.2. The van der Waals surface area contributed by atoms with E-state index in [4.69, 9.17) is 4.42 Å². The van der Waals surface area contributed by atoms with Crippen molar-refractivity contribution in [1.29, 1.82) is 0 Å². The van der Waals surface area contributed by atoms with E-state index < -0.39 is 0 Å². The number of carbonyl (C=O) groups is 1. The Labute approximate surface area is 136 Å². The van der Waals surface area contributed by atoms with Gasteiger partial charge in [0.2, 0.25) is 0 Å². The Kier molecular flexibility index (Phi) is 3.23. The van der Waals surface area contributed by atoms with Crippen LogP contribution in [-0.4, -0.2) is 40.5 Å². The second-order valence-corrected chi connectivity index (χ2v) is 7.41. The lowest BCUT2D eigenvalue weighted by Gasteiger charge is -2.56. The summed E-state index contributed by atoms with van der Waals surface area (Å²) >= 11 is 0. The van der Waals surface area contributed by atoms with Gasteiger partial charge >= 0.3 is 0 Å². The Balaban J connectivity index is 1.60. The van der Waals surface area contributed by atoms with Gasteiger partial charge in [-0.25, -0.2) is 4.98 Å². The number of piperidine rings is 3. The van der Waals surface area contributed by atoms with Gasteiger partial charge in [-0.05, 0) is 64.3 Å². The molecule has 3 fully saturated rings. The van der Waals surface area contributed by atoms with Crippen molar-refractivity contribution >= 4 is 16.9 Å². The van der Waals surface area contributed by atoms with Crippen LogP contribution in [0.3, 0.4) is 0 Å². The van der Waals surface area contributed by atoms with Crippen LogP contribution < -0.4 is 5.32 Å². The third kappa shape index (κ3) is 2.26. The van der Waals surface area contributed by atoms with E-state index >= 15 is 0 Å². The zero-order valence-electron chi connectivity index (χ0n) is 13.9. The molecule has 0 aliphatic carbocycles. The topological polar surface area (TPSA) is 58.4 Å². The van der Waals surface area contributed by atoms with E-state index in [1.54, 1.807) is 12.5 Å². The summed E-state index contributed by atoms with van der Waals surface area (Å²) in [5.74, 6) is 0.484. The van der Waals surface area contributed by atoms with Gasteiger partial charge in [-0.15, -0.1) is 0 Å². The summed E-state index contributed by atoms with van der Waals surface area (Å²) in [6, 6.07) is 2.01. The van der Waals surface area contributed by atoms with Crippen LogP contribution >= 0.6 is 0 Å². The molecule has 2 aromatic rings. The number of carbonyl (C=O) groups excluding carboxylic acids is 1. The molecule has 2 aromatic heterocycles. The molecule has 0 unspecified atom stereocenters. The summed E-state index contributed by atoms with van der Waals surface area (Å²) in [4.78, 5) is 19.5. The highest BCUT2D eigenvalue weighted by molar-refractivity contribution is 5.96. The fourth-order valence-electron chi connectivity index (χ4n) is 4.28. The molecule has 0 spiro atoms. The molecule has 3 aliphatic heterocycles. The van der Waals surface area contributed by atoms with Gasteiger partial charge in [-0.2, -0.15) is 0 Å². The zero-order valence-corrected chi connectivity index (χ0v) is 13.9. The van der Waals surface area contributed by atoms with Gasteiger partial charge in [0.25, 0.3) is 5.91 Å². The molecule has 3 aliphatic rings. The quantitative estimate of drug-likeness (QED) is 0.926. The van der Waals surface area contributed by atoms with Crippen molar-refractivity contribution < 1.29 is 9.21 Å². The highest BCUT2D eigenvalue weighted by atomic mass is 16.3. The Morgan fingerprint density at radius 2 is 2.13 bits per heavy atom. The van der Waals surface area contributed by atoms with Crippen molar-refractivity contribution in [1.82, 2.24) is 15.2 Å². The van der Waals surface area contributed by atoms with E-state index in [2.05, 4.69) is 29.0 Å². The molecule has 1 atom stereocenters. The molecule has 5 heterocycles. The van der Waals surface area contributed by atoms with Crippen molar-refractivity contribution in [3.63, 3.8) is 0 Å². The van der Waals surface area contributed by atoms with Gasteiger partial charge < -0.3 is 9.73 Å². The number of amides is 1. The first-order valence-electron chi connectivity index (χ1n) is 8.36. The molecule has 5 rings (SSSR count). The molecule has 23 heavy (non-hydrogen) atoms. The Hall–Kier alpha value is -1.88. The number of hydrogen-bond donors (Lipinski definition) is 1. The van der Waals surface area contributed by atoms with E-state index in [-0.39, 0.29) is 17.5 Å². The normalized spacial score (nSPS) is 28.9. The number of rotatable bonds is 2. The maximum absolute atomic E-state index is 12.7. The number of aromatic nitrogens is 1. The molecular weight excluding hydrogens is 290 g/mol. The molecule has 0 saturated carbocycles. The summed E-state index contributed by atoms with van der Waals surface area (Å²) in [7, 11) is 0. The number of nitrogens with zero attached hydrogens (tertiary/aromatic N) is 2. The Morgan fingerprint density at radius 3 is 2.83 bits per heavy atom. The third-order valence-corrected chi connectivity index (χ3v) is 5.76. The lowest BCUT2D eigenvalue weighted by atomic mass is 9.72. The van der Waals surface area contributed by atoms with E-state index in [0.717, 1.165) is 29.6 Å². The second kappa shape index (κ2) is 5.06. The number of fused-ring (bicyclic) bond motifs is 4. The van der Waals surface area contributed by atoms with Gasteiger partial charge in [0.1, 0.15) is 5.69 Å². The van der Waals surface area contributed by atoms with E-state index in [1.807, 2.05) is 13.0 Å². The van der Waals surface area contributed by atoms with E-state index in [0.29, 0.717) is 11.6 Å². The molecule has 1 amide bonds. The average molecular weight is 313 g/mol. The van der Waals surface area contributed by atoms with Crippen molar-refractivity contribution in [3.8, 4) is 0 Å². The van der Waals surface area contributed by atoms with Crippen LogP contribution in [0.1, 0.15) is 42.7 Å². The lowest BCUT2D eigenvalue weighted by Crippen LogP contribution is -2.69. The van der Waals surface area contributed by atoms with Crippen LogP contribution in [0, 0.1) is 12.8 Å². The summed E-state index contributed by atoms with van der Waals surface area (Å²) in [5.41, 5.74) is 2.23. The standard InChI is InChI=1S/C18H23N3O2/c1-11-10-23-15-9-19-14(8-13(11)15)17(22)20-16-12-4-6-21(7-5-12)18(16,2)3/h8-10,12,16H,4-7H2,1-3H3,(H,20,22)/t16-/m1/s1. The average Bonchev–Trinajstić information content (AvgIpc) is 2.92. The fourth-order valence-corrected chi connectivity index (χ4v) is 4.28. The molecule has 0 radical (unpaired) electrons. The summed E-state index contributed by atoms with van der Waals surface area (Å²) < 4.78 is 5.41. The van der Waals surface area contributed by atoms with Crippen LogP contribution in [0.25, 0.3) is 11.0 Å². The predicted octanol–water partition coefficient (Wildman–Crippen LogP) is 2.74. The van der Waals surface area contributed by atoms with Crippen molar-refractivity contribution in [2.45, 2.75) is 45.2 Å². The first kappa shape index (κ1) is 14.7. The summed E-state index contributed by atoms with van der Waals surface area (Å²) in [5, 5.41) is 4.22.